The van der Waals surface area contributed by atoms with E-state index < -0.39 is 0 Å². The van der Waals surface area contributed by atoms with E-state index >= 15 is 0 Å². The van der Waals surface area contributed by atoms with E-state index in [0.29, 0.717) is 22.7 Å². The van der Waals surface area contributed by atoms with Gasteiger partial charge in [0, 0.05) is 23.3 Å². The van der Waals surface area contributed by atoms with Gasteiger partial charge in [-0.25, -0.2) is 4.98 Å². The lowest BCUT2D eigenvalue weighted by Gasteiger charge is -2.10. The average molecular weight is 352 g/mol. The monoisotopic (exact) mass is 351 g/mol. The predicted molar refractivity (Wildman–Crippen MR) is 98.4 cm³/mol. The molecule has 0 radical (unpaired) electrons. The summed E-state index contributed by atoms with van der Waals surface area (Å²) in [6.45, 7) is 0. The van der Waals surface area contributed by atoms with Gasteiger partial charge in [-0.15, -0.1) is 0 Å². The first-order valence-electron chi connectivity index (χ1n) is 8.05. The summed E-state index contributed by atoms with van der Waals surface area (Å²) in [4.78, 5) is 20.7. The van der Waals surface area contributed by atoms with Crippen LogP contribution in [0.2, 0.25) is 5.02 Å². The fraction of sp³-hybridized carbons (Fsp3) is 0.176. The number of hydrogen-bond acceptors (Lipinski definition) is 6. The standard InChI is InChI=1S/C17H14ClN7/c18-12-7-11(6-9-2-1-5-19-13(9)12)23-17-24-15-14(20-8-21-15)16(25-17)22-10-3-4-10/h1-2,5-8,10H,3-4H2,(H3,20,21,22,23,24,25). The molecule has 0 unspecified atom stereocenters. The topological polar surface area (TPSA) is 91.4 Å². The fourth-order valence-corrected chi connectivity index (χ4v) is 3.04. The molecule has 0 spiro atoms. The van der Waals surface area contributed by atoms with Crippen LogP contribution in [0.25, 0.3) is 22.1 Å². The van der Waals surface area contributed by atoms with Crippen molar-refractivity contribution in [1.29, 1.82) is 0 Å². The highest BCUT2D eigenvalue weighted by Crippen LogP contribution is 2.30. The van der Waals surface area contributed by atoms with Crippen molar-refractivity contribution in [3.63, 3.8) is 0 Å². The number of benzene rings is 1. The van der Waals surface area contributed by atoms with Crippen LogP contribution in [-0.4, -0.2) is 31.0 Å². The SMILES string of the molecule is Clc1cc(Nc2nc(NC3CC3)c3[nH]cnc3n2)cc2cccnc12. The van der Waals surface area contributed by atoms with Gasteiger partial charge in [-0.05, 0) is 31.0 Å². The summed E-state index contributed by atoms with van der Waals surface area (Å²) in [5, 5.41) is 8.17. The van der Waals surface area contributed by atoms with Crippen molar-refractivity contribution in [3.8, 4) is 0 Å². The van der Waals surface area contributed by atoms with Crippen LogP contribution in [0.3, 0.4) is 0 Å². The number of H-pyrrole nitrogens is 1. The van der Waals surface area contributed by atoms with Gasteiger partial charge in [0.2, 0.25) is 5.95 Å². The number of halogens is 1. The van der Waals surface area contributed by atoms with Gasteiger partial charge >= 0.3 is 0 Å². The van der Waals surface area contributed by atoms with Crippen LogP contribution in [0.5, 0.6) is 0 Å². The zero-order valence-electron chi connectivity index (χ0n) is 13.1. The van der Waals surface area contributed by atoms with Gasteiger partial charge in [0.05, 0.1) is 16.9 Å². The molecule has 1 aliphatic rings. The Labute approximate surface area is 147 Å². The summed E-state index contributed by atoms with van der Waals surface area (Å²) in [5.74, 6) is 1.24. The van der Waals surface area contributed by atoms with E-state index in [1.54, 1.807) is 12.5 Å². The highest BCUT2D eigenvalue weighted by Gasteiger charge is 2.23. The highest BCUT2D eigenvalue weighted by molar-refractivity contribution is 6.35. The molecule has 7 nitrogen and oxygen atoms in total. The van der Waals surface area contributed by atoms with E-state index in [9.17, 15) is 0 Å². The molecule has 3 aromatic heterocycles. The molecule has 1 aliphatic carbocycles. The van der Waals surface area contributed by atoms with Crippen molar-refractivity contribution < 1.29 is 0 Å². The van der Waals surface area contributed by atoms with Crippen LogP contribution < -0.4 is 10.6 Å². The minimum Gasteiger partial charge on any atom is -0.365 e. The van der Waals surface area contributed by atoms with Crippen molar-refractivity contribution in [2.75, 3.05) is 10.6 Å². The van der Waals surface area contributed by atoms with Crippen LogP contribution >= 0.6 is 11.6 Å². The number of nitrogens with one attached hydrogen (secondary N) is 3. The quantitative estimate of drug-likeness (QED) is 0.517. The molecular formula is C17H14ClN7. The first-order valence-corrected chi connectivity index (χ1v) is 8.43. The van der Waals surface area contributed by atoms with E-state index in [2.05, 4.69) is 35.6 Å². The lowest BCUT2D eigenvalue weighted by atomic mass is 10.2. The highest BCUT2D eigenvalue weighted by atomic mass is 35.5. The van der Waals surface area contributed by atoms with Crippen molar-refractivity contribution in [2.45, 2.75) is 18.9 Å². The van der Waals surface area contributed by atoms with E-state index in [0.717, 1.165) is 40.8 Å². The number of rotatable bonds is 4. The number of fused-ring (bicyclic) bond motifs is 2. The number of pyridine rings is 1. The van der Waals surface area contributed by atoms with Crippen molar-refractivity contribution in [1.82, 2.24) is 24.9 Å². The number of nitrogens with zero attached hydrogens (tertiary/aromatic N) is 4. The Morgan fingerprint density at radius 1 is 1.16 bits per heavy atom. The molecule has 0 amide bonds. The summed E-state index contributed by atoms with van der Waals surface area (Å²) < 4.78 is 0. The van der Waals surface area contributed by atoms with Crippen LogP contribution in [-0.2, 0) is 0 Å². The maximum absolute atomic E-state index is 6.34. The number of hydrogen-bond donors (Lipinski definition) is 3. The molecule has 3 N–H and O–H groups in total. The minimum absolute atomic E-state index is 0.474. The molecule has 0 aliphatic heterocycles. The Morgan fingerprint density at radius 3 is 2.96 bits per heavy atom. The summed E-state index contributed by atoms with van der Waals surface area (Å²) in [5.41, 5.74) is 3.01. The van der Waals surface area contributed by atoms with Gasteiger partial charge in [-0.2, -0.15) is 9.97 Å². The van der Waals surface area contributed by atoms with Crippen LogP contribution in [0.15, 0.2) is 36.8 Å². The molecule has 0 atom stereocenters. The predicted octanol–water partition coefficient (Wildman–Crippen LogP) is 3.87. The maximum atomic E-state index is 6.34. The smallest absolute Gasteiger partial charge is 0.231 e. The average Bonchev–Trinajstić information content (AvgIpc) is 3.29. The molecule has 0 saturated heterocycles. The fourth-order valence-electron chi connectivity index (χ4n) is 2.76. The van der Waals surface area contributed by atoms with E-state index in [-0.39, 0.29) is 0 Å². The van der Waals surface area contributed by atoms with Gasteiger partial charge in [-0.1, -0.05) is 17.7 Å². The van der Waals surface area contributed by atoms with Crippen molar-refractivity contribution >= 4 is 51.1 Å². The third-order valence-corrected chi connectivity index (χ3v) is 4.41. The Bertz CT molecular complexity index is 1090. The van der Waals surface area contributed by atoms with Gasteiger partial charge < -0.3 is 15.6 Å². The molecule has 1 saturated carbocycles. The number of aromatic amines is 1. The summed E-state index contributed by atoms with van der Waals surface area (Å²) in [6, 6.07) is 8.13. The summed E-state index contributed by atoms with van der Waals surface area (Å²) >= 11 is 6.34. The van der Waals surface area contributed by atoms with Crippen molar-refractivity contribution in [2.24, 2.45) is 0 Å². The van der Waals surface area contributed by atoms with Crippen LogP contribution in [0, 0.1) is 0 Å². The molecule has 4 aromatic rings. The van der Waals surface area contributed by atoms with Gasteiger partial charge in [0.15, 0.2) is 11.5 Å². The molecule has 1 fully saturated rings. The molecule has 124 valence electrons. The zero-order chi connectivity index (χ0) is 16.8. The van der Waals surface area contributed by atoms with Gasteiger partial charge in [0.1, 0.15) is 5.52 Å². The number of aromatic nitrogens is 5. The molecule has 5 rings (SSSR count). The second-order valence-electron chi connectivity index (χ2n) is 6.07. The number of imidazole rings is 1. The van der Waals surface area contributed by atoms with E-state index in [1.807, 2.05) is 24.3 Å². The second kappa shape index (κ2) is 5.56. The zero-order valence-corrected chi connectivity index (χ0v) is 13.9. The molecule has 1 aromatic carbocycles. The van der Waals surface area contributed by atoms with Crippen molar-refractivity contribution in [3.05, 3.63) is 41.8 Å². The van der Waals surface area contributed by atoms with Crippen LogP contribution in [0.4, 0.5) is 17.5 Å². The largest absolute Gasteiger partial charge is 0.365 e. The van der Waals surface area contributed by atoms with E-state index in [4.69, 9.17) is 11.6 Å². The number of anilines is 3. The first-order chi connectivity index (χ1) is 12.3. The van der Waals surface area contributed by atoms with E-state index in [1.165, 1.54) is 0 Å². The third-order valence-electron chi connectivity index (χ3n) is 4.12. The summed E-state index contributed by atoms with van der Waals surface area (Å²) in [6.07, 6.45) is 5.68. The Balaban J connectivity index is 1.55. The lowest BCUT2D eigenvalue weighted by molar-refractivity contribution is 1.10. The minimum atomic E-state index is 0.474. The maximum Gasteiger partial charge on any atom is 0.231 e. The molecular weight excluding hydrogens is 338 g/mol. The Kier molecular flexibility index (Phi) is 3.21. The lowest BCUT2D eigenvalue weighted by Crippen LogP contribution is -2.07. The van der Waals surface area contributed by atoms with Crippen LogP contribution in [0.1, 0.15) is 12.8 Å². The second-order valence-corrected chi connectivity index (χ2v) is 6.48. The summed E-state index contributed by atoms with van der Waals surface area (Å²) in [7, 11) is 0. The Hall–Kier alpha value is -2.93. The third kappa shape index (κ3) is 2.72. The molecule has 8 heteroatoms. The van der Waals surface area contributed by atoms with Gasteiger partial charge in [-0.3, -0.25) is 4.98 Å². The Morgan fingerprint density at radius 2 is 2.08 bits per heavy atom. The molecule has 0 bridgehead atoms. The van der Waals surface area contributed by atoms with Gasteiger partial charge in [0.25, 0.3) is 0 Å². The molecule has 25 heavy (non-hydrogen) atoms. The first kappa shape index (κ1) is 14.4. The molecule has 3 heterocycles. The normalized spacial score (nSPS) is 14.1.